The number of esters is 1. The fourth-order valence-electron chi connectivity index (χ4n) is 2.75. The van der Waals surface area contributed by atoms with E-state index in [-0.39, 0.29) is 5.97 Å². The molecule has 1 saturated heterocycles. The third kappa shape index (κ3) is 4.80. The van der Waals surface area contributed by atoms with E-state index in [1.807, 2.05) is 18.2 Å². The Hall–Kier alpha value is -1.06. The van der Waals surface area contributed by atoms with Crippen molar-refractivity contribution in [2.24, 2.45) is 5.92 Å². The zero-order chi connectivity index (χ0) is 14.4. The molecule has 0 spiro atoms. The fourth-order valence-corrected chi connectivity index (χ4v) is 2.96. The molecular formula is C16H22ClNO2. The first-order chi connectivity index (χ1) is 9.67. The molecule has 20 heavy (non-hydrogen) atoms. The summed E-state index contributed by atoms with van der Waals surface area (Å²) in [5.74, 6) is 0.566. The van der Waals surface area contributed by atoms with Crippen LogP contribution >= 0.6 is 11.6 Å². The van der Waals surface area contributed by atoms with Crippen LogP contribution in [-0.2, 0) is 16.1 Å². The van der Waals surface area contributed by atoms with E-state index in [1.165, 1.54) is 12.7 Å². The molecule has 1 aromatic rings. The molecule has 0 N–H and O–H groups in total. The molecule has 0 unspecified atom stereocenters. The van der Waals surface area contributed by atoms with E-state index in [1.54, 1.807) is 0 Å². The van der Waals surface area contributed by atoms with Crippen LogP contribution in [-0.4, -0.2) is 31.1 Å². The van der Waals surface area contributed by atoms with Gasteiger partial charge in [-0.15, -0.1) is 0 Å². The summed E-state index contributed by atoms with van der Waals surface area (Å²) in [6.45, 7) is 3.15. The van der Waals surface area contributed by atoms with Crippen LogP contribution < -0.4 is 0 Å². The van der Waals surface area contributed by atoms with Crippen LogP contribution in [0.5, 0.6) is 0 Å². The quantitative estimate of drug-likeness (QED) is 0.779. The summed E-state index contributed by atoms with van der Waals surface area (Å²) in [6.07, 6.45) is 3.84. The highest BCUT2D eigenvalue weighted by atomic mass is 35.5. The number of ether oxygens (including phenoxy) is 1. The van der Waals surface area contributed by atoms with E-state index in [4.69, 9.17) is 16.3 Å². The molecule has 2 rings (SSSR count). The molecule has 1 aliphatic rings. The molecule has 0 radical (unpaired) electrons. The number of hydrogen-bond acceptors (Lipinski definition) is 3. The standard InChI is InChI=1S/C16H22ClNO2/c1-20-16(19)6-5-13-7-9-18(10-8-13)12-14-3-2-4-15(17)11-14/h2-4,11,13H,5-10,12H2,1H3. The van der Waals surface area contributed by atoms with Crippen molar-refractivity contribution in [1.29, 1.82) is 0 Å². The number of carbonyl (C=O) groups excluding carboxylic acids is 1. The summed E-state index contributed by atoms with van der Waals surface area (Å²) >= 11 is 6.01. The molecule has 0 atom stereocenters. The Balaban J connectivity index is 1.73. The Bertz CT molecular complexity index is 442. The summed E-state index contributed by atoms with van der Waals surface area (Å²) in [7, 11) is 1.45. The monoisotopic (exact) mass is 295 g/mol. The zero-order valence-corrected chi connectivity index (χ0v) is 12.7. The fraction of sp³-hybridized carbons (Fsp3) is 0.562. The zero-order valence-electron chi connectivity index (χ0n) is 12.0. The molecule has 4 heteroatoms. The summed E-state index contributed by atoms with van der Waals surface area (Å²) in [6, 6.07) is 8.06. The Morgan fingerprint density at radius 3 is 2.80 bits per heavy atom. The van der Waals surface area contributed by atoms with Crippen LogP contribution in [0.15, 0.2) is 24.3 Å². The number of carbonyl (C=O) groups is 1. The molecule has 0 amide bonds. The maximum Gasteiger partial charge on any atom is 0.305 e. The number of halogens is 1. The Kier molecular flexibility index (Phi) is 5.86. The molecule has 1 heterocycles. The number of methoxy groups -OCH3 is 1. The summed E-state index contributed by atoms with van der Waals surface area (Å²) < 4.78 is 4.69. The average molecular weight is 296 g/mol. The Morgan fingerprint density at radius 2 is 2.15 bits per heavy atom. The van der Waals surface area contributed by atoms with Crippen molar-refractivity contribution in [3.63, 3.8) is 0 Å². The highest BCUT2D eigenvalue weighted by Crippen LogP contribution is 2.23. The van der Waals surface area contributed by atoms with E-state index in [0.29, 0.717) is 12.3 Å². The van der Waals surface area contributed by atoms with Crippen molar-refractivity contribution in [3.8, 4) is 0 Å². The van der Waals surface area contributed by atoms with Crippen LogP contribution in [0, 0.1) is 5.92 Å². The Morgan fingerprint density at radius 1 is 1.40 bits per heavy atom. The molecule has 0 aromatic heterocycles. The highest BCUT2D eigenvalue weighted by molar-refractivity contribution is 6.30. The lowest BCUT2D eigenvalue weighted by atomic mass is 9.92. The molecule has 0 aliphatic carbocycles. The second-order valence-corrected chi connectivity index (χ2v) is 5.90. The first kappa shape index (κ1) is 15.3. The SMILES string of the molecule is COC(=O)CCC1CCN(Cc2cccc(Cl)c2)CC1. The second kappa shape index (κ2) is 7.65. The molecule has 110 valence electrons. The minimum Gasteiger partial charge on any atom is -0.469 e. The molecular weight excluding hydrogens is 274 g/mol. The van der Waals surface area contributed by atoms with E-state index in [9.17, 15) is 4.79 Å². The highest BCUT2D eigenvalue weighted by Gasteiger charge is 2.20. The number of piperidine rings is 1. The predicted octanol–water partition coefficient (Wildman–Crippen LogP) is 3.51. The molecule has 3 nitrogen and oxygen atoms in total. The lowest BCUT2D eigenvalue weighted by Crippen LogP contribution is -2.33. The van der Waals surface area contributed by atoms with E-state index < -0.39 is 0 Å². The molecule has 0 saturated carbocycles. The van der Waals surface area contributed by atoms with Crippen molar-refractivity contribution < 1.29 is 9.53 Å². The van der Waals surface area contributed by atoms with Crippen molar-refractivity contribution in [2.75, 3.05) is 20.2 Å². The van der Waals surface area contributed by atoms with Gasteiger partial charge in [0.05, 0.1) is 7.11 Å². The number of nitrogens with zero attached hydrogens (tertiary/aromatic N) is 1. The van der Waals surface area contributed by atoms with E-state index in [2.05, 4.69) is 11.0 Å². The molecule has 1 fully saturated rings. The number of likely N-dealkylation sites (tertiary alicyclic amines) is 1. The Labute approximate surface area is 125 Å². The summed E-state index contributed by atoms with van der Waals surface area (Å²) in [5, 5.41) is 0.801. The molecule has 0 bridgehead atoms. The van der Waals surface area contributed by atoms with Gasteiger partial charge in [0.25, 0.3) is 0 Å². The van der Waals surface area contributed by atoms with Gasteiger partial charge in [-0.25, -0.2) is 0 Å². The van der Waals surface area contributed by atoms with Gasteiger partial charge in [-0.05, 0) is 56.0 Å². The topological polar surface area (TPSA) is 29.5 Å². The van der Waals surface area contributed by atoms with Gasteiger partial charge in [0.15, 0.2) is 0 Å². The first-order valence-electron chi connectivity index (χ1n) is 7.21. The molecule has 1 aromatic carbocycles. The summed E-state index contributed by atoms with van der Waals surface area (Å²) in [5.41, 5.74) is 1.27. The van der Waals surface area contributed by atoms with Crippen LogP contribution in [0.1, 0.15) is 31.2 Å². The van der Waals surface area contributed by atoms with Crippen molar-refractivity contribution in [2.45, 2.75) is 32.2 Å². The third-order valence-electron chi connectivity index (χ3n) is 3.99. The molecule has 1 aliphatic heterocycles. The number of hydrogen-bond donors (Lipinski definition) is 0. The second-order valence-electron chi connectivity index (χ2n) is 5.46. The normalized spacial score (nSPS) is 17.1. The van der Waals surface area contributed by atoms with Crippen LogP contribution in [0.3, 0.4) is 0 Å². The van der Waals surface area contributed by atoms with Crippen LogP contribution in [0.2, 0.25) is 5.02 Å². The maximum atomic E-state index is 11.1. The van der Waals surface area contributed by atoms with E-state index in [0.717, 1.165) is 43.9 Å². The van der Waals surface area contributed by atoms with Gasteiger partial charge in [0.2, 0.25) is 0 Å². The first-order valence-corrected chi connectivity index (χ1v) is 7.59. The minimum atomic E-state index is -0.0913. The van der Waals surface area contributed by atoms with Crippen molar-refractivity contribution in [1.82, 2.24) is 4.90 Å². The maximum absolute atomic E-state index is 11.1. The smallest absolute Gasteiger partial charge is 0.305 e. The van der Waals surface area contributed by atoms with Gasteiger partial charge < -0.3 is 4.74 Å². The minimum absolute atomic E-state index is 0.0913. The predicted molar refractivity (Wildman–Crippen MR) is 80.7 cm³/mol. The van der Waals surface area contributed by atoms with Gasteiger partial charge in [-0.1, -0.05) is 23.7 Å². The largest absolute Gasteiger partial charge is 0.469 e. The van der Waals surface area contributed by atoms with Gasteiger partial charge in [-0.3, -0.25) is 9.69 Å². The lowest BCUT2D eigenvalue weighted by Gasteiger charge is -2.31. The third-order valence-corrected chi connectivity index (χ3v) is 4.22. The van der Waals surface area contributed by atoms with Gasteiger partial charge >= 0.3 is 5.97 Å². The average Bonchev–Trinajstić information content (AvgIpc) is 2.46. The van der Waals surface area contributed by atoms with Crippen molar-refractivity contribution in [3.05, 3.63) is 34.9 Å². The van der Waals surface area contributed by atoms with Crippen molar-refractivity contribution >= 4 is 17.6 Å². The lowest BCUT2D eigenvalue weighted by molar-refractivity contribution is -0.141. The van der Waals surface area contributed by atoms with Gasteiger partial charge in [-0.2, -0.15) is 0 Å². The van der Waals surface area contributed by atoms with Gasteiger partial charge in [0.1, 0.15) is 0 Å². The van der Waals surface area contributed by atoms with Crippen LogP contribution in [0.4, 0.5) is 0 Å². The van der Waals surface area contributed by atoms with Gasteiger partial charge in [0, 0.05) is 18.0 Å². The number of benzene rings is 1. The van der Waals surface area contributed by atoms with Crippen LogP contribution in [0.25, 0.3) is 0 Å². The number of rotatable bonds is 5. The summed E-state index contributed by atoms with van der Waals surface area (Å²) in [4.78, 5) is 13.6. The van der Waals surface area contributed by atoms with E-state index >= 15 is 0 Å².